The van der Waals surface area contributed by atoms with Crippen molar-refractivity contribution in [2.75, 3.05) is 18.2 Å². The number of alkyl halides is 1. The van der Waals surface area contributed by atoms with Crippen molar-refractivity contribution in [1.29, 1.82) is 0 Å². The molecule has 0 spiro atoms. The number of thioether (sulfide) groups is 1. The molecule has 27 heavy (non-hydrogen) atoms. The van der Waals surface area contributed by atoms with Crippen molar-refractivity contribution in [3.8, 4) is 0 Å². The number of hydrogen-bond acceptors (Lipinski definition) is 7. The van der Waals surface area contributed by atoms with Gasteiger partial charge in [0, 0.05) is 12.2 Å². The maximum atomic E-state index is 12.4. The Morgan fingerprint density at radius 2 is 2.19 bits per heavy atom. The highest BCUT2D eigenvalue weighted by Crippen LogP contribution is 2.41. The molecule has 1 saturated heterocycles. The number of carbonyl (C=O) groups excluding carboxylic acids is 3. The van der Waals surface area contributed by atoms with Gasteiger partial charge in [-0.25, -0.2) is 9.59 Å². The molecule has 0 aliphatic carbocycles. The first-order valence-corrected chi connectivity index (χ1v) is 9.96. The van der Waals surface area contributed by atoms with Gasteiger partial charge < -0.3 is 19.6 Å². The smallest absolute Gasteiger partial charge is 0.373 e. The van der Waals surface area contributed by atoms with E-state index < -0.39 is 29.3 Å². The summed E-state index contributed by atoms with van der Waals surface area (Å²) >= 11 is 4.38. The number of esters is 1. The Bertz CT molecular complexity index is 850. The number of methoxy groups -OCH3 is 1. The number of furan rings is 1. The van der Waals surface area contributed by atoms with E-state index in [2.05, 4.69) is 26.0 Å². The van der Waals surface area contributed by atoms with Crippen LogP contribution in [0, 0.1) is 0 Å². The summed E-state index contributed by atoms with van der Waals surface area (Å²) in [6, 6.07) is 2.26. The van der Waals surface area contributed by atoms with E-state index in [-0.39, 0.29) is 29.1 Å². The second-order valence-corrected chi connectivity index (χ2v) is 7.45. The molecule has 2 atom stereocenters. The third-order valence-electron chi connectivity index (χ3n) is 4.12. The molecule has 0 saturated carbocycles. The monoisotopic (exact) mass is 458 g/mol. The van der Waals surface area contributed by atoms with Gasteiger partial charge in [0.25, 0.3) is 5.91 Å². The van der Waals surface area contributed by atoms with Gasteiger partial charge in [0.2, 0.25) is 11.7 Å². The maximum absolute atomic E-state index is 12.4. The van der Waals surface area contributed by atoms with Crippen LogP contribution in [0.3, 0.4) is 0 Å². The molecule has 1 aromatic heterocycles. The summed E-state index contributed by atoms with van der Waals surface area (Å²) in [5.74, 6) is -1.91. The fourth-order valence-electron chi connectivity index (χ4n) is 2.92. The van der Waals surface area contributed by atoms with E-state index in [4.69, 9.17) is 4.42 Å². The van der Waals surface area contributed by atoms with Crippen LogP contribution in [-0.4, -0.2) is 63.4 Å². The van der Waals surface area contributed by atoms with Crippen LogP contribution in [0.25, 0.3) is 0 Å². The van der Waals surface area contributed by atoms with Crippen molar-refractivity contribution in [3.63, 3.8) is 0 Å². The number of halogens is 1. The molecule has 11 heteroatoms. The minimum atomic E-state index is -1.23. The Balaban J connectivity index is 1.82. The second-order valence-electron chi connectivity index (χ2n) is 5.78. The molecule has 2 aliphatic heterocycles. The van der Waals surface area contributed by atoms with Crippen LogP contribution < -0.4 is 5.32 Å². The van der Waals surface area contributed by atoms with Crippen LogP contribution in [0.1, 0.15) is 16.3 Å². The van der Waals surface area contributed by atoms with Gasteiger partial charge in [-0.3, -0.25) is 14.5 Å². The fourth-order valence-corrected chi connectivity index (χ4v) is 4.43. The van der Waals surface area contributed by atoms with Crippen LogP contribution in [0.15, 0.2) is 27.8 Å². The molecule has 0 aromatic carbocycles. The number of ether oxygens (including phenoxy) is 1. The normalized spacial score (nSPS) is 21.4. The number of aliphatic carboxylic acids is 1. The first kappa shape index (κ1) is 19.5. The summed E-state index contributed by atoms with van der Waals surface area (Å²) < 4.78 is 9.96. The molecule has 1 aromatic rings. The van der Waals surface area contributed by atoms with E-state index in [0.29, 0.717) is 17.1 Å². The highest BCUT2D eigenvalue weighted by atomic mass is 79.9. The molecular formula is C16H15BrN2O7S. The third-order valence-corrected chi connectivity index (χ3v) is 5.97. The topological polar surface area (TPSA) is 126 Å². The van der Waals surface area contributed by atoms with Crippen LogP contribution in [0.5, 0.6) is 0 Å². The lowest BCUT2D eigenvalue weighted by Gasteiger charge is -2.49. The molecule has 0 bridgehead atoms. The molecule has 3 heterocycles. The Kier molecular flexibility index (Phi) is 5.61. The zero-order valence-electron chi connectivity index (χ0n) is 14.1. The Morgan fingerprint density at radius 1 is 1.44 bits per heavy atom. The van der Waals surface area contributed by atoms with E-state index >= 15 is 0 Å². The molecule has 2 amide bonds. The van der Waals surface area contributed by atoms with Crippen molar-refractivity contribution in [2.24, 2.45) is 0 Å². The van der Waals surface area contributed by atoms with E-state index in [9.17, 15) is 24.3 Å². The van der Waals surface area contributed by atoms with Gasteiger partial charge in [0.15, 0.2) is 0 Å². The molecule has 2 aliphatic rings. The predicted octanol–water partition coefficient (Wildman–Crippen LogP) is 0.742. The van der Waals surface area contributed by atoms with Gasteiger partial charge in [-0.15, -0.1) is 11.8 Å². The Hall–Kier alpha value is -2.27. The average Bonchev–Trinajstić information content (AvgIpc) is 3.13. The molecule has 3 rings (SSSR count). The van der Waals surface area contributed by atoms with Gasteiger partial charge in [-0.05, 0) is 17.7 Å². The van der Waals surface area contributed by atoms with Crippen molar-refractivity contribution in [1.82, 2.24) is 10.2 Å². The zero-order valence-corrected chi connectivity index (χ0v) is 16.5. The summed E-state index contributed by atoms with van der Waals surface area (Å²) in [6.07, 6.45) is 0.139. The number of carboxylic acid groups (broad SMARTS) is 1. The van der Waals surface area contributed by atoms with Crippen LogP contribution in [0.2, 0.25) is 0 Å². The van der Waals surface area contributed by atoms with Gasteiger partial charge in [-0.2, -0.15) is 0 Å². The highest BCUT2D eigenvalue weighted by molar-refractivity contribution is 9.09. The van der Waals surface area contributed by atoms with Gasteiger partial charge in [0.05, 0.1) is 12.4 Å². The summed E-state index contributed by atoms with van der Waals surface area (Å²) in [4.78, 5) is 48.3. The lowest BCUT2D eigenvalue weighted by Crippen LogP contribution is -2.70. The minimum absolute atomic E-state index is 0.0175. The maximum Gasteiger partial charge on any atom is 0.373 e. The molecule has 0 radical (unpaired) electrons. The molecular weight excluding hydrogens is 444 g/mol. The molecule has 2 N–H and O–H groups in total. The van der Waals surface area contributed by atoms with Crippen molar-refractivity contribution < 1.29 is 33.4 Å². The summed E-state index contributed by atoms with van der Waals surface area (Å²) in [5.41, 5.74) is 0.386. The largest absolute Gasteiger partial charge is 0.477 e. The Labute approximate surface area is 166 Å². The SMILES string of the molecule is COC(=O)c1ccc(CC2=C(C(=O)O)N3C(=O)[C@@H](NC(=O)CBr)[C@H]3SC2)o1. The molecule has 144 valence electrons. The number of amides is 2. The number of nitrogens with zero attached hydrogens (tertiary/aromatic N) is 1. The summed E-state index contributed by atoms with van der Waals surface area (Å²) in [6.45, 7) is 0. The van der Waals surface area contributed by atoms with Gasteiger partial charge in [-0.1, -0.05) is 15.9 Å². The van der Waals surface area contributed by atoms with Crippen LogP contribution in [0.4, 0.5) is 0 Å². The number of carbonyl (C=O) groups is 4. The number of β-lactam (4-membered cyclic amide) rings is 1. The second kappa shape index (κ2) is 7.77. The average molecular weight is 459 g/mol. The predicted molar refractivity (Wildman–Crippen MR) is 97.2 cm³/mol. The van der Waals surface area contributed by atoms with E-state index in [1.807, 2.05) is 0 Å². The lowest BCUT2D eigenvalue weighted by atomic mass is 10.0. The number of rotatable bonds is 6. The highest BCUT2D eigenvalue weighted by Gasteiger charge is 2.54. The number of hydrogen-bond donors (Lipinski definition) is 2. The molecule has 9 nitrogen and oxygen atoms in total. The van der Waals surface area contributed by atoms with Gasteiger partial charge >= 0.3 is 11.9 Å². The minimum Gasteiger partial charge on any atom is -0.477 e. The fraction of sp³-hybridized carbons (Fsp3) is 0.375. The van der Waals surface area contributed by atoms with E-state index in [1.165, 1.54) is 29.8 Å². The first-order valence-electron chi connectivity index (χ1n) is 7.79. The third kappa shape index (κ3) is 3.61. The number of nitrogens with one attached hydrogen (secondary N) is 1. The van der Waals surface area contributed by atoms with Crippen LogP contribution >= 0.6 is 27.7 Å². The van der Waals surface area contributed by atoms with Crippen molar-refractivity contribution in [3.05, 3.63) is 34.9 Å². The first-order chi connectivity index (χ1) is 12.9. The standard InChI is InChI=1S/C16H15BrN2O7S/c1-25-16(24)9-3-2-8(26-9)4-7-6-27-14-11(18-10(20)5-17)13(21)19(14)12(7)15(22)23/h2-3,11,14H,4-6H2,1H3,(H,18,20)(H,22,23)/t11-,14-/m1/s1. The number of carboxylic acids is 1. The summed E-state index contributed by atoms with van der Waals surface area (Å²) in [5, 5.41) is 11.8. The van der Waals surface area contributed by atoms with Crippen LogP contribution in [-0.2, 0) is 25.5 Å². The molecule has 1 fully saturated rings. The zero-order chi connectivity index (χ0) is 19.7. The number of fused-ring (bicyclic) bond motifs is 1. The van der Waals surface area contributed by atoms with Gasteiger partial charge in [0.1, 0.15) is 22.9 Å². The van der Waals surface area contributed by atoms with E-state index in [0.717, 1.165) is 0 Å². The quantitative estimate of drug-likeness (QED) is 0.363. The van der Waals surface area contributed by atoms with Crippen molar-refractivity contribution >= 4 is 51.4 Å². The van der Waals surface area contributed by atoms with E-state index in [1.54, 1.807) is 6.07 Å². The Morgan fingerprint density at radius 3 is 2.81 bits per heavy atom. The summed E-state index contributed by atoms with van der Waals surface area (Å²) in [7, 11) is 1.23. The molecule has 0 unspecified atom stereocenters. The van der Waals surface area contributed by atoms with Crippen molar-refractivity contribution in [2.45, 2.75) is 17.8 Å². The lowest BCUT2D eigenvalue weighted by molar-refractivity contribution is -0.150.